The number of hydrogen-bond acceptors (Lipinski definition) is 3. The Kier molecular flexibility index (Phi) is 3.16. The fraction of sp³-hybridized carbons (Fsp3) is 0.400. The zero-order valence-electron chi connectivity index (χ0n) is 8.35. The number of hydrogen-bond donors (Lipinski definition) is 1. The molecule has 1 fully saturated rings. The van der Waals surface area contributed by atoms with Crippen LogP contribution in [0, 0.1) is 0 Å². The molecule has 86 valence electrons. The molecular weight excluding hydrogens is 250 g/mol. The van der Waals surface area contributed by atoms with Crippen LogP contribution in [0.15, 0.2) is 12.1 Å². The van der Waals surface area contributed by atoms with Crippen LogP contribution in [-0.2, 0) is 4.79 Å². The molecule has 1 aliphatic rings. The quantitative estimate of drug-likeness (QED) is 0.901. The second-order valence-corrected chi connectivity index (χ2v) is 5.38. The van der Waals surface area contributed by atoms with Crippen LogP contribution in [0.1, 0.15) is 22.5 Å². The second kappa shape index (κ2) is 4.43. The molecule has 2 rings (SSSR count). The molecule has 0 atom stereocenters. The number of amides is 1. The van der Waals surface area contributed by atoms with Crippen molar-refractivity contribution < 1.29 is 14.7 Å². The Labute approximate surface area is 101 Å². The number of nitrogens with zero attached hydrogens (tertiary/aromatic N) is 1. The Bertz CT molecular complexity index is 427. The minimum atomic E-state index is -0.983. The van der Waals surface area contributed by atoms with Gasteiger partial charge in [0.15, 0.2) is 0 Å². The summed E-state index contributed by atoms with van der Waals surface area (Å²) in [5, 5.41) is 8.75. The lowest BCUT2D eigenvalue weighted by Crippen LogP contribution is -2.37. The fourth-order valence-electron chi connectivity index (χ4n) is 1.47. The Balaban J connectivity index is 2.13. The van der Waals surface area contributed by atoms with Gasteiger partial charge in [-0.05, 0) is 25.0 Å². The smallest absolute Gasteiger partial charge is 0.323 e. The lowest BCUT2D eigenvalue weighted by Gasteiger charge is -2.19. The largest absolute Gasteiger partial charge is 0.480 e. The first-order chi connectivity index (χ1) is 7.58. The van der Waals surface area contributed by atoms with E-state index in [1.165, 1.54) is 16.2 Å². The molecular formula is C10H10ClNO3S. The van der Waals surface area contributed by atoms with Crippen molar-refractivity contribution in [2.24, 2.45) is 0 Å². The topological polar surface area (TPSA) is 57.6 Å². The van der Waals surface area contributed by atoms with Gasteiger partial charge >= 0.3 is 5.97 Å². The third kappa shape index (κ3) is 2.54. The summed E-state index contributed by atoms with van der Waals surface area (Å²) >= 11 is 6.92. The first-order valence-corrected chi connectivity index (χ1v) is 6.05. The summed E-state index contributed by atoms with van der Waals surface area (Å²) < 4.78 is 0.537. The maximum atomic E-state index is 12.0. The molecule has 0 aromatic carbocycles. The van der Waals surface area contributed by atoms with Crippen LogP contribution >= 0.6 is 22.9 Å². The fourth-order valence-corrected chi connectivity index (χ4v) is 2.47. The summed E-state index contributed by atoms with van der Waals surface area (Å²) in [7, 11) is 0. The van der Waals surface area contributed by atoms with Crippen LogP contribution in [0.2, 0.25) is 4.34 Å². The monoisotopic (exact) mass is 259 g/mol. The number of aliphatic carboxylic acids is 1. The summed E-state index contributed by atoms with van der Waals surface area (Å²) in [6, 6.07) is 3.36. The Morgan fingerprint density at radius 3 is 2.62 bits per heavy atom. The number of thiophene rings is 1. The molecule has 0 radical (unpaired) electrons. The maximum Gasteiger partial charge on any atom is 0.323 e. The molecule has 1 aromatic rings. The van der Waals surface area contributed by atoms with Gasteiger partial charge in [0.2, 0.25) is 0 Å². The predicted molar refractivity (Wildman–Crippen MR) is 61.0 cm³/mol. The third-order valence-corrected chi connectivity index (χ3v) is 3.56. The molecule has 0 saturated heterocycles. The highest BCUT2D eigenvalue weighted by Crippen LogP contribution is 2.30. The normalized spacial score (nSPS) is 14.8. The molecule has 1 saturated carbocycles. The highest BCUT2D eigenvalue weighted by molar-refractivity contribution is 7.17. The molecule has 16 heavy (non-hydrogen) atoms. The summed E-state index contributed by atoms with van der Waals surface area (Å²) in [4.78, 5) is 24.6. The second-order valence-electron chi connectivity index (χ2n) is 3.66. The molecule has 0 spiro atoms. The van der Waals surface area contributed by atoms with Gasteiger partial charge in [0.1, 0.15) is 6.54 Å². The molecule has 1 amide bonds. The Morgan fingerprint density at radius 1 is 1.50 bits per heavy atom. The van der Waals surface area contributed by atoms with Gasteiger partial charge in [-0.2, -0.15) is 0 Å². The van der Waals surface area contributed by atoms with Crippen LogP contribution in [0.4, 0.5) is 0 Å². The summed E-state index contributed by atoms with van der Waals surface area (Å²) in [6.07, 6.45) is 1.77. The molecule has 0 aliphatic heterocycles. The van der Waals surface area contributed by atoms with E-state index >= 15 is 0 Å². The highest BCUT2D eigenvalue weighted by Gasteiger charge is 2.34. The van der Waals surface area contributed by atoms with Crippen molar-refractivity contribution in [3.63, 3.8) is 0 Å². The van der Waals surface area contributed by atoms with Crippen molar-refractivity contribution in [1.82, 2.24) is 4.90 Å². The third-order valence-electron chi connectivity index (χ3n) is 2.34. The van der Waals surface area contributed by atoms with Crippen molar-refractivity contribution in [3.05, 3.63) is 21.3 Å². The van der Waals surface area contributed by atoms with E-state index in [1.54, 1.807) is 12.1 Å². The van der Waals surface area contributed by atoms with Gasteiger partial charge in [0, 0.05) is 6.04 Å². The minimum Gasteiger partial charge on any atom is -0.480 e. The van der Waals surface area contributed by atoms with Crippen LogP contribution in [0.5, 0.6) is 0 Å². The number of carboxylic acids is 1. The first kappa shape index (κ1) is 11.4. The predicted octanol–water partition coefficient (Wildman–Crippen LogP) is 2.09. The van der Waals surface area contributed by atoms with Crippen LogP contribution in [-0.4, -0.2) is 34.5 Å². The average molecular weight is 260 g/mol. The Hall–Kier alpha value is -1.07. The molecule has 0 bridgehead atoms. The standard InChI is InChI=1S/C10H10ClNO3S/c11-8-4-3-7(16-8)10(15)12(5-9(13)14)6-1-2-6/h3-4,6H,1-2,5H2,(H,13,14). The van der Waals surface area contributed by atoms with Gasteiger partial charge < -0.3 is 10.0 Å². The average Bonchev–Trinajstić information content (AvgIpc) is 2.96. The van der Waals surface area contributed by atoms with Crippen molar-refractivity contribution in [2.45, 2.75) is 18.9 Å². The van der Waals surface area contributed by atoms with Gasteiger partial charge in [-0.1, -0.05) is 11.6 Å². The zero-order valence-corrected chi connectivity index (χ0v) is 9.92. The van der Waals surface area contributed by atoms with Gasteiger partial charge in [-0.25, -0.2) is 0 Å². The number of carbonyl (C=O) groups excluding carboxylic acids is 1. The molecule has 1 N–H and O–H groups in total. The molecule has 4 nitrogen and oxygen atoms in total. The SMILES string of the molecule is O=C(O)CN(C(=O)c1ccc(Cl)s1)C1CC1. The number of halogens is 1. The van der Waals surface area contributed by atoms with E-state index in [0.29, 0.717) is 9.21 Å². The van der Waals surface area contributed by atoms with Gasteiger partial charge in [0.25, 0.3) is 5.91 Å². The van der Waals surface area contributed by atoms with E-state index in [4.69, 9.17) is 16.7 Å². The number of rotatable bonds is 4. The molecule has 1 heterocycles. The van der Waals surface area contributed by atoms with Crippen molar-refractivity contribution in [2.75, 3.05) is 6.54 Å². The molecule has 1 aliphatic carbocycles. The molecule has 6 heteroatoms. The Morgan fingerprint density at radius 2 is 2.19 bits per heavy atom. The van der Waals surface area contributed by atoms with Crippen molar-refractivity contribution >= 4 is 34.8 Å². The van der Waals surface area contributed by atoms with E-state index in [2.05, 4.69) is 0 Å². The maximum absolute atomic E-state index is 12.0. The highest BCUT2D eigenvalue weighted by atomic mass is 35.5. The van der Waals surface area contributed by atoms with E-state index < -0.39 is 5.97 Å². The van der Waals surface area contributed by atoms with Crippen molar-refractivity contribution in [3.8, 4) is 0 Å². The lowest BCUT2D eigenvalue weighted by molar-refractivity contribution is -0.137. The van der Waals surface area contributed by atoms with Crippen LogP contribution in [0.25, 0.3) is 0 Å². The van der Waals surface area contributed by atoms with Crippen molar-refractivity contribution in [1.29, 1.82) is 0 Å². The van der Waals surface area contributed by atoms with E-state index in [9.17, 15) is 9.59 Å². The van der Waals surface area contributed by atoms with Crippen LogP contribution in [0.3, 0.4) is 0 Å². The molecule has 1 aromatic heterocycles. The van der Waals surface area contributed by atoms with Gasteiger partial charge in [-0.15, -0.1) is 11.3 Å². The van der Waals surface area contributed by atoms with Gasteiger partial charge in [-0.3, -0.25) is 9.59 Å². The van der Waals surface area contributed by atoms with E-state index in [0.717, 1.165) is 12.8 Å². The summed E-state index contributed by atoms with van der Waals surface area (Å²) in [6.45, 7) is -0.237. The van der Waals surface area contributed by atoms with Crippen LogP contribution < -0.4 is 0 Å². The molecule has 0 unspecified atom stereocenters. The minimum absolute atomic E-state index is 0.0875. The number of carboxylic acid groups (broad SMARTS) is 1. The first-order valence-electron chi connectivity index (χ1n) is 4.86. The van der Waals surface area contributed by atoms with Gasteiger partial charge in [0.05, 0.1) is 9.21 Å². The lowest BCUT2D eigenvalue weighted by atomic mass is 10.3. The number of carbonyl (C=O) groups is 2. The summed E-state index contributed by atoms with van der Waals surface area (Å²) in [5.74, 6) is -1.22. The van der Waals surface area contributed by atoms with E-state index in [-0.39, 0.29) is 18.5 Å². The summed E-state index contributed by atoms with van der Waals surface area (Å²) in [5.41, 5.74) is 0. The zero-order chi connectivity index (χ0) is 11.7. The van der Waals surface area contributed by atoms with E-state index in [1.807, 2.05) is 0 Å².